The molecule has 2 fully saturated rings. The van der Waals surface area contributed by atoms with Crippen molar-refractivity contribution in [3.05, 3.63) is 132 Å². The zero-order chi connectivity index (χ0) is 45.5. The van der Waals surface area contributed by atoms with E-state index in [0.717, 1.165) is 119 Å². The number of nitrogens with one attached hydrogen (secondary N) is 3. The van der Waals surface area contributed by atoms with Gasteiger partial charge in [-0.1, -0.05) is 12.1 Å². The van der Waals surface area contributed by atoms with Crippen molar-refractivity contribution in [2.45, 2.75) is 13.8 Å². The number of hydrogen-bond acceptors (Lipinski definition) is 13. The van der Waals surface area contributed by atoms with Gasteiger partial charge < -0.3 is 46.4 Å². The maximum atomic E-state index is 13.1. The molecule has 2 aliphatic rings. The SMILES string of the molecule is Cc1c(C(=O)N2CCN(C)CC2)[nH]c2ccc(N)cc12.Cc1c(C(=O)N2CCN(C)CC2)[nH]c2ccc(Nc3nccc(-c4ccccn4)n3)cc12.Cl.Cl.Nc1nccc(-c2ccccn2)n1. The molecule has 348 valence electrons. The van der Waals surface area contributed by atoms with Crippen molar-refractivity contribution in [1.82, 2.24) is 59.5 Å². The maximum absolute atomic E-state index is 13.1. The van der Waals surface area contributed by atoms with Crippen LogP contribution in [0, 0.1) is 13.8 Å². The number of fused-ring (bicyclic) bond motifs is 2. The van der Waals surface area contributed by atoms with Gasteiger partial charge in [-0.15, -0.1) is 24.8 Å². The van der Waals surface area contributed by atoms with Crippen molar-refractivity contribution < 1.29 is 9.59 Å². The number of aryl methyl sites for hydroxylation is 2. The van der Waals surface area contributed by atoms with Crippen molar-refractivity contribution >= 4 is 81.7 Å². The van der Waals surface area contributed by atoms with Gasteiger partial charge in [0.05, 0.1) is 22.8 Å². The third-order valence-electron chi connectivity index (χ3n) is 11.6. The normalized spacial score (nSPS) is 13.9. The number of aromatic amines is 2. The number of halogens is 2. The second kappa shape index (κ2) is 22.3. The molecule has 67 heavy (non-hydrogen) atoms. The number of piperazine rings is 2. The zero-order valence-corrected chi connectivity index (χ0v) is 39.4. The molecule has 7 N–H and O–H groups in total. The van der Waals surface area contributed by atoms with Crippen molar-refractivity contribution in [1.29, 1.82) is 0 Å². The number of rotatable bonds is 6. The smallest absolute Gasteiger partial charge is 0.270 e. The minimum Gasteiger partial charge on any atom is -0.399 e. The number of aromatic nitrogens is 8. The molecule has 2 saturated heterocycles. The van der Waals surface area contributed by atoms with Gasteiger partial charge in [-0.05, 0) is 112 Å². The van der Waals surface area contributed by atoms with E-state index >= 15 is 0 Å². The lowest BCUT2D eigenvalue weighted by Gasteiger charge is -2.32. The molecule has 0 bridgehead atoms. The molecular weight excluding hydrogens is 890 g/mol. The molecule has 0 unspecified atom stereocenters. The van der Waals surface area contributed by atoms with E-state index in [1.807, 2.05) is 103 Å². The fourth-order valence-corrected chi connectivity index (χ4v) is 7.75. The number of nitrogens with two attached hydrogens (primary N) is 2. The molecule has 8 heterocycles. The molecule has 0 spiro atoms. The van der Waals surface area contributed by atoms with Crippen LogP contribution in [0.15, 0.2) is 110 Å². The summed E-state index contributed by atoms with van der Waals surface area (Å²) in [6.07, 6.45) is 6.79. The predicted molar refractivity (Wildman–Crippen MR) is 270 cm³/mol. The quantitative estimate of drug-likeness (QED) is 0.108. The van der Waals surface area contributed by atoms with Gasteiger partial charge in [-0.3, -0.25) is 19.6 Å². The highest BCUT2D eigenvalue weighted by atomic mass is 35.5. The van der Waals surface area contributed by atoms with E-state index in [1.165, 1.54) is 0 Å². The zero-order valence-electron chi connectivity index (χ0n) is 37.8. The molecule has 19 heteroatoms. The Balaban J connectivity index is 0.000000181. The Morgan fingerprint density at radius 2 is 1.04 bits per heavy atom. The van der Waals surface area contributed by atoms with Crippen LogP contribution in [0.25, 0.3) is 44.6 Å². The van der Waals surface area contributed by atoms with Crippen molar-refractivity contribution in [2.75, 3.05) is 83.2 Å². The van der Waals surface area contributed by atoms with Gasteiger partial charge in [0, 0.05) is 110 Å². The lowest BCUT2D eigenvalue weighted by atomic mass is 10.1. The number of nitrogen functional groups attached to an aromatic ring is 2. The molecule has 2 amide bonds. The molecule has 2 aromatic carbocycles. The molecule has 8 aromatic rings. The van der Waals surface area contributed by atoms with Crippen LogP contribution in [-0.4, -0.2) is 138 Å². The number of carbonyl (C=O) groups excluding carboxylic acids is 2. The van der Waals surface area contributed by atoms with Gasteiger partial charge in [-0.25, -0.2) is 19.9 Å². The maximum Gasteiger partial charge on any atom is 0.270 e. The Morgan fingerprint density at radius 3 is 1.55 bits per heavy atom. The number of anilines is 4. The minimum absolute atomic E-state index is 0. The van der Waals surface area contributed by atoms with E-state index in [-0.39, 0.29) is 42.6 Å². The molecule has 17 nitrogen and oxygen atoms in total. The number of nitrogens with zero attached hydrogens (tertiary/aromatic N) is 10. The first-order chi connectivity index (χ1) is 31.5. The molecule has 0 aliphatic carbocycles. The number of benzene rings is 2. The first-order valence-electron chi connectivity index (χ1n) is 21.5. The first-order valence-corrected chi connectivity index (χ1v) is 21.5. The topological polar surface area (TPSA) is 220 Å². The highest BCUT2D eigenvalue weighted by Crippen LogP contribution is 2.28. The van der Waals surface area contributed by atoms with Crippen LogP contribution in [0.5, 0.6) is 0 Å². The molecule has 0 radical (unpaired) electrons. The summed E-state index contributed by atoms with van der Waals surface area (Å²) < 4.78 is 0. The summed E-state index contributed by atoms with van der Waals surface area (Å²) in [6, 6.07) is 26.6. The summed E-state index contributed by atoms with van der Waals surface area (Å²) in [4.78, 5) is 65.9. The number of carbonyl (C=O) groups is 2. The predicted octanol–water partition coefficient (Wildman–Crippen LogP) is 6.87. The molecule has 6 aromatic heterocycles. The highest BCUT2D eigenvalue weighted by Gasteiger charge is 2.25. The summed E-state index contributed by atoms with van der Waals surface area (Å²) >= 11 is 0. The van der Waals surface area contributed by atoms with Crippen LogP contribution in [0.1, 0.15) is 32.1 Å². The molecule has 0 atom stereocenters. The van der Waals surface area contributed by atoms with Gasteiger partial charge >= 0.3 is 0 Å². The Morgan fingerprint density at radius 1 is 0.552 bits per heavy atom. The minimum atomic E-state index is 0. The third-order valence-corrected chi connectivity index (χ3v) is 11.6. The molecule has 0 saturated carbocycles. The Bertz CT molecular complexity index is 2920. The lowest BCUT2D eigenvalue weighted by molar-refractivity contribution is 0.0651. The van der Waals surface area contributed by atoms with Gasteiger partial charge in [0.25, 0.3) is 11.8 Å². The van der Waals surface area contributed by atoms with Crippen LogP contribution >= 0.6 is 24.8 Å². The summed E-state index contributed by atoms with van der Waals surface area (Å²) in [5.74, 6) is 0.913. The van der Waals surface area contributed by atoms with Crippen LogP contribution < -0.4 is 16.8 Å². The fourth-order valence-electron chi connectivity index (χ4n) is 7.75. The first kappa shape index (κ1) is 49.3. The van der Waals surface area contributed by atoms with Gasteiger partial charge in [-0.2, -0.15) is 0 Å². The van der Waals surface area contributed by atoms with Gasteiger partial charge in [0.2, 0.25) is 11.9 Å². The van der Waals surface area contributed by atoms with Crippen molar-refractivity contribution in [3.63, 3.8) is 0 Å². The number of H-pyrrole nitrogens is 2. The van der Waals surface area contributed by atoms with E-state index in [9.17, 15) is 9.59 Å². The van der Waals surface area contributed by atoms with Gasteiger partial charge in [0.15, 0.2) is 0 Å². The van der Waals surface area contributed by atoms with E-state index in [0.29, 0.717) is 17.3 Å². The Labute approximate surface area is 401 Å². The second-order valence-electron chi connectivity index (χ2n) is 16.1. The van der Waals surface area contributed by atoms with E-state index in [2.05, 4.69) is 69.1 Å². The third kappa shape index (κ3) is 11.8. The number of pyridine rings is 2. The summed E-state index contributed by atoms with van der Waals surface area (Å²) in [5, 5.41) is 5.31. The van der Waals surface area contributed by atoms with Crippen LogP contribution in [-0.2, 0) is 0 Å². The molecule has 10 rings (SSSR count). The van der Waals surface area contributed by atoms with E-state index < -0.39 is 0 Å². The largest absolute Gasteiger partial charge is 0.399 e. The van der Waals surface area contributed by atoms with Gasteiger partial charge in [0.1, 0.15) is 11.4 Å². The number of amides is 2. The summed E-state index contributed by atoms with van der Waals surface area (Å²) in [6.45, 7) is 10.7. The van der Waals surface area contributed by atoms with Crippen LogP contribution in [0.2, 0.25) is 0 Å². The average Bonchev–Trinajstić information content (AvgIpc) is 3.84. The lowest BCUT2D eigenvalue weighted by Crippen LogP contribution is -2.47. The highest BCUT2D eigenvalue weighted by molar-refractivity contribution is 6.02. The summed E-state index contributed by atoms with van der Waals surface area (Å²) in [7, 11) is 4.17. The monoisotopic (exact) mass is 943 g/mol. The standard InChI is InChI=1S/C24H25N7O.C15H20N4O.C9H8N4.2ClH/c1-16-18-15-17(27-24-26-10-8-21(29-24)20-5-3-4-9-25-20)6-7-19(18)28-22(16)23(32)31-13-11-30(2)12-14-31;1-10-12-9-11(16)3-4-13(12)17-14(10)15(20)19-7-5-18(2)6-8-19;10-9-12-6-4-8(13-9)7-3-1-2-5-11-7;;/h3-10,15,28H,11-14H2,1-2H3,(H,26,27,29);3-4,9,17H,5-8,16H2,1-2H3;1-6H,(H2,10,12,13);2*1H. The van der Waals surface area contributed by atoms with E-state index in [4.69, 9.17) is 11.5 Å². The average molecular weight is 945 g/mol. The Hall–Kier alpha value is -7.18. The van der Waals surface area contributed by atoms with Crippen molar-refractivity contribution in [2.24, 2.45) is 0 Å². The van der Waals surface area contributed by atoms with Crippen LogP contribution in [0.4, 0.5) is 23.3 Å². The number of hydrogen-bond donors (Lipinski definition) is 5. The summed E-state index contributed by atoms with van der Waals surface area (Å²) in [5.41, 5.74) is 21.1. The molecular formula is C48H55Cl2N15O2. The Kier molecular flexibility index (Phi) is 16.4. The molecule has 2 aliphatic heterocycles. The van der Waals surface area contributed by atoms with Crippen LogP contribution in [0.3, 0.4) is 0 Å². The number of likely N-dealkylation sites (N-methyl/N-ethyl adjacent to an activating group) is 2. The second-order valence-corrected chi connectivity index (χ2v) is 16.1. The van der Waals surface area contributed by atoms with E-state index in [1.54, 1.807) is 30.9 Å². The fraction of sp³-hybridized carbons (Fsp3) is 0.250. The van der Waals surface area contributed by atoms with Crippen molar-refractivity contribution in [3.8, 4) is 22.8 Å².